The molecule has 0 N–H and O–H groups in total. The monoisotopic (exact) mass is 210 g/mol. The molecule has 0 aromatic carbocycles. The summed E-state index contributed by atoms with van der Waals surface area (Å²) in [4.78, 5) is 10.4. The van der Waals surface area contributed by atoms with Gasteiger partial charge in [0.2, 0.25) is 0 Å². The van der Waals surface area contributed by atoms with E-state index in [-0.39, 0.29) is 10.9 Å². The lowest BCUT2D eigenvalue weighted by molar-refractivity contribution is 0.0965. The second-order valence-corrected chi connectivity index (χ2v) is 4.10. The van der Waals surface area contributed by atoms with Crippen LogP contribution in [-0.4, -0.2) is 29.5 Å². The van der Waals surface area contributed by atoms with Gasteiger partial charge in [-0.3, -0.25) is 0 Å². The minimum absolute atomic E-state index is 0.312. The van der Waals surface area contributed by atoms with E-state index in [0.29, 0.717) is 13.2 Å². The fraction of sp³-hybridized carbons (Fsp3) is 0.857. The zero-order valence-electron chi connectivity index (χ0n) is 6.75. The molecule has 0 radical (unpaired) electrons. The molecule has 0 aromatic heterocycles. The predicted octanol–water partition coefficient (Wildman–Crippen LogP) is 1.84. The Morgan fingerprint density at radius 3 is 2.92 bits per heavy atom. The van der Waals surface area contributed by atoms with Crippen molar-refractivity contribution >= 4 is 29.7 Å². The van der Waals surface area contributed by atoms with E-state index in [4.69, 9.17) is 21.1 Å². The zero-order valence-corrected chi connectivity index (χ0v) is 8.40. The Hall–Kier alpha value is 0.0700. The van der Waals surface area contributed by atoms with Crippen LogP contribution in [0.1, 0.15) is 13.3 Å². The Morgan fingerprint density at radius 2 is 2.50 bits per heavy atom. The van der Waals surface area contributed by atoms with Gasteiger partial charge in [0.25, 0.3) is 0 Å². The van der Waals surface area contributed by atoms with Gasteiger partial charge in [0.1, 0.15) is 6.10 Å². The van der Waals surface area contributed by atoms with Gasteiger partial charge >= 0.3 is 5.43 Å². The van der Waals surface area contributed by atoms with E-state index < -0.39 is 5.43 Å². The molecule has 0 saturated carbocycles. The Labute approximate surface area is 81.8 Å². The van der Waals surface area contributed by atoms with E-state index in [2.05, 4.69) is 12.6 Å². The fourth-order valence-corrected chi connectivity index (χ4v) is 1.51. The van der Waals surface area contributed by atoms with Crippen LogP contribution >= 0.6 is 24.2 Å². The molecule has 0 spiro atoms. The van der Waals surface area contributed by atoms with Gasteiger partial charge in [-0.15, -0.1) is 0 Å². The molecule has 1 heterocycles. The molecular weight excluding hydrogens is 200 g/mol. The minimum atomic E-state index is -0.789. The maximum atomic E-state index is 10.4. The van der Waals surface area contributed by atoms with Gasteiger partial charge in [0, 0.05) is 18.2 Å². The average Bonchev–Trinajstić information content (AvgIpc) is 2.36. The Bertz CT molecular complexity index is 179. The highest BCUT2D eigenvalue weighted by atomic mass is 35.5. The summed E-state index contributed by atoms with van der Waals surface area (Å²) in [5.41, 5.74) is -0.789. The standard InChI is InChI=1S/C7H11ClO3S/c1-5(11-6(8)9)7(12)2-3-10-4-7/h5,12H,2-4H2,1H3/t5?,7-/m1/s1. The van der Waals surface area contributed by atoms with E-state index in [1.807, 2.05) is 0 Å². The molecular formula is C7H11ClO3S. The number of halogens is 1. The SMILES string of the molecule is CC(OC(=O)Cl)[C@@]1(S)CCOC1. The molecule has 0 amide bonds. The van der Waals surface area contributed by atoms with Gasteiger partial charge in [-0.2, -0.15) is 12.6 Å². The molecule has 12 heavy (non-hydrogen) atoms. The topological polar surface area (TPSA) is 35.5 Å². The van der Waals surface area contributed by atoms with Crippen molar-refractivity contribution in [3.8, 4) is 0 Å². The lowest BCUT2D eigenvalue weighted by atomic mass is 10.0. The molecule has 0 bridgehead atoms. The summed E-state index contributed by atoms with van der Waals surface area (Å²) in [5, 5.41) is 0. The first-order chi connectivity index (χ1) is 5.54. The first kappa shape index (κ1) is 10.2. The Morgan fingerprint density at radius 1 is 1.83 bits per heavy atom. The van der Waals surface area contributed by atoms with Crippen LogP contribution in [0.5, 0.6) is 0 Å². The third-order valence-corrected chi connectivity index (χ3v) is 2.86. The Kier molecular flexibility index (Phi) is 3.26. The van der Waals surface area contributed by atoms with Gasteiger partial charge < -0.3 is 9.47 Å². The average molecular weight is 211 g/mol. The zero-order chi connectivity index (χ0) is 9.19. The molecule has 1 rings (SSSR count). The Balaban J connectivity index is 2.49. The summed E-state index contributed by atoms with van der Waals surface area (Å²) in [6, 6.07) is 0. The first-order valence-electron chi connectivity index (χ1n) is 3.71. The molecule has 2 atom stereocenters. The van der Waals surface area contributed by atoms with Crippen LogP contribution in [-0.2, 0) is 9.47 Å². The highest BCUT2D eigenvalue weighted by Crippen LogP contribution is 2.31. The molecule has 1 aliphatic heterocycles. The number of hydrogen-bond acceptors (Lipinski definition) is 4. The van der Waals surface area contributed by atoms with Crippen LogP contribution in [0.3, 0.4) is 0 Å². The van der Waals surface area contributed by atoms with Crippen molar-refractivity contribution in [2.24, 2.45) is 0 Å². The van der Waals surface area contributed by atoms with E-state index in [1.165, 1.54) is 0 Å². The van der Waals surface area contributed by atoms with E-state index in [9.17, 15) is 4.79 Å². The smallest absolute Gasteiger partial charge is 0.404 e. The normalized spacial score (nSPS) is 31.6. The minimum Gasteiger partial charge on any atom is -0.449 e. The van der Waals surface area contributed by atoms with Crippen LogP contribution in [0.15, 0.2) is 0 Å². The molecule has 0 aromatic rings. The van der Waals surface area contributed by atoms with Gasteiger partial charge in [0.15, 0.2) is 0 Å². The van der Waals surface area contributed by atoms with Crippen molar-refractivity contribution < 1.29 is 14.3 Å². The molecule has 3 nitrogen and oxygen atoms in total. The van der Waals surface area contributed by atoms with Crippen LogP contribution < -0.4 is 0 Å². The van der Waals surface area contributed by atoms with Gasteiger partial charge in [-0.05, 0) is 13.3 Å². The predicted molar refractivity (Wildman–Crippen MR) is 48.9 cm³/mol. The van der Waals surface area contributed by atoms with Crippen molar-refractivity contribution in [2.45, 2.75) is 24.2 Å². The number of carbonyl (C=O) groups is 1. The van der Waals surface area contributed by atoms with Crippen molar-refractivity contribution in [3.63, 3.8) is 0 Å². The first-order valence-corrected chi connectivity index (χ1v) is 4.53. The van der Waals surface area contributed by atoms with Crippen LogP contribution in [0, 0.1) is 0 Å². The highest BCUT2D eigenvalue weighted by molar-refractivity contribution is 7.82. The number of carbonyl (C=O) groups excluding carboxylic acids is 1. The molecule has 0 aliphatic carbocycles. The van der Waals surface area contributed by atoms with Crippen molar-refractivity contribution in [1.82, 2.24) is 0 Å². The van der Waals surface area contributed by atoms with Crippen LogP contribution in [0.25, 0.3) is 0 Å². The van der Waals surface area contributed by atoms with Gasteiger partial charge in [-0.25, -0.2) is 4.79 Å². The summed E-state index contributed by atoms with van der Waals surface area (Å²) in [5.74, 6) is 0. The summed E-state index contributed by atoms with van der Waals surface area (Å²) in [6.07, 6.45) is 0.467. The third kappa shape index (κ3) is 2.28. The molecule has 1 fully saturated rings. The molecule has 1 unspecified atom stereocenters. The lowest BCUT2D eigenvalue weighted by Crippen LogP contribution is -2.37. The van der Waals surface area contributed by atoms with E-state index in [1.54, 1.807) is 6.92 Å². The summed E-state index contributed by atoms with van der Waals surface area (Å²) in [6.45, 7) is 2.93. The van der Waals surface area contributed by atoms with Crippen molar-refractivity contribution in [1.29, 1.82) is 0 Å². The lowest BCUT2D eigenvalue weighted by Gasteiger charge is -2.27. The number of ether oxygens (including phenoxy) is 2. The van der Waals surface area contributed by atoms with E-state index in [0.717, 1.165) is 6.42 Å². The number of thiol groups is 1. The summed E-state index contributed by atoms with van der Waals surface area (Å²) >= 11 is 9.47. The van der Waals surface area contributed by atoms with Crippen molar-refractivity contribution in [2.75, 3.05) is 13.2 Å². The van der Waals surface area contributed by atoms with Gasteiger partial charge in [0.05, 0.1) is 11.4 Å². The second kappa shape index (κ2) is 3.85. The molecule has 70 valence electrons. The number of hydrogen-bond donors (Lipinski definition) is 1. The van der Waals surface area contributed by atoms with Crippen LogP contribution in [0.4, 0.5) is 4.79 Å². The third-order valence-electron chi connectivity index (χ3n) is 2.06. The maximum absolute atomic E-state index is 10.4. The summed E-state index contributed by atoms with van der Waals surface area (Å²) in [7, 11) is 0. The maximum Gasteiger partial charge on any atom is 0.404 e. The van der Waals surface area contributed by atoms with Crippen molar-refractivity contribution in [3.05, 3.63) is 0 Å². The molecule has 1 saturated heterocycles. The van der Waals surface area contributed by atoms with Crippen LogP contribution in [0.2, 0.25) is 0 Å². The molecule has 1 aliphatic rings. The molecule has 5 heteroatoms. The fourth-order valence-electron chi connectivity index (χ4n) is 1.14. The largest absolute Gasteiger partial charge is 0.449 e. The summed E-state index contributed by atoms with van der Waals surface area (Å²) < 4.78 is 9.59. The highest BCUT2D eigenvalue weighted by Gasteiger charge is 2.38. The quantitative estimate of drug-likeness (QED) is 0.558. The van der Waals surface area contributed by atoms with Gasteiger partial charge in [-0.1, -0.05) is 0 Å². The second-order valence-electron chi connectivity index (χ2n) is 2.90. The van der Waals surface area contributed by atoms with E-state index >= 15 is 0 Å². The number of rotatable bonds is 2.